The summed E-state index contributed by atoms with van der Waals surface area (Å²) in [5.41, 5.74) is 3.93. The SMILES string of the molecule is Cc1cc(-n2cnc3cc(C(=O)O)ccc32)ccc1Br. The first kappa shape index (κ1) is 12.9. The van der Waals surface area contributed by atoms with Crippen molar-refractivity contribution in [3.8, 4) is 5.69 Å². The second-order valence-electron chi connectivity index (χ2n) is 4.56. The largest absolute Gasteiger partial charge is 0.478 e. The number of halogens is 1. The van der Waals surface area contributed by atoms with Crippen molar-refractivity contribution >= 4 is 32.9 Å². The average molecular weight is 331 g/mol. The van der Waals surface area contributed by atoms with Crippen LogP contribution in [0.5, 0.6) is 0 Å². The van der Waals surface area contributed by atoms with Gasteiger partial charge in [-0.2, -0.15) is 0 Å². The Morgan fingerprint density at radius 2 is 2.05 bits per heavy atom. The fourth-order valence-electron chi connectivity index (χ4n) is 2.13. The number of hydrogen-bond acceptors (Lipinski definition) is 2. The third kappa shape index (κ3) is 2.10. The minimum atomic E-state index is -0.944. The van der Waals surface area contributed by atoms with Crippen molar-refractivity contribution in [2.75, 3.05) is 0 Å². The van der Waals surface area contributed by atoms with Crippen LogP contribution in [0.15, 0.2) is 47.2 Å². The summed E-state index contributed by atoms with van der Waals surface area (Å²) >= 11 is 3.48. The summed E-state index contributed by atoms with van der Waals surface area (Å²) in [4.78, 5) is 15.2. The molecular formula is C15H11BrN2O2. The Morgan fingerprint density at radius 1 is 1.25 bits per heavy atom. The van der Waals surface area contributed by atoms with Crippen molar-refractivity contribution in [3.05, 3.63) is 58.3 Å². The summed E-state index contributed by atoms with van der Waals surface area (Å²) < 4.78 is 3.00. The van der Waals surface area contributed by atoms with Gasteiger partial charge in [-0.1, -0.05) is 15.9 Å². The summed E-state index contributed by atoms with van der Waals surface area (Å²) in [7, 11) is 0. The van der Waals surface area contributed by atoms with Crippen LogP contribution in [0.1, 0.15) is 15.9 Å². The molecule has 0 radical (unpaired) electrons. The fourth-order valence-corrected chi connectivity index (χ4v) is 2.38. The van der Waals surface area contributed by atoms with Gasteiger partial charge < -0.3 is 5.11 Å². The van der Waals surface area contributed by atoms with Crippen LogP contribution in [0.2, 0.25) is 0 Å². The van der Waals surface area contributed by atoms with E-state index in [4.69, 9.17) is 5.11 Å². The van der Waals surface area contributed by atoms with E-state index in [2.05, 4.69) is 27.0 Å². The fraction of sp³-hybridized carbons (Fsp3) is 0.0667. The van der Waals surface area contributed by atoms with E-state index >= 15 is 0 Å². The van der Waals surface area contributed by atoms with Crippen LogP contribution in [0.25, 0.3) is 16.7 Å². The average Bonchev–Trinajstić information content (AvgIpc) is 2.84. The molecule has 0 aliphatic rings. The van der Waals surface area contributed by atoms with E-state index in [0.717, 1.165) is 21.2 Å². The smallest absolute Gasteiger partial charge is 0.335 e. The predicted octanol–water partition coefficient (Wildman–Crippen LogP) is 3.79. The van der Waals surface area contributed by atoms with Crippen molar-refractivity contribution < 1.29 is 9.90 Å². The lowest BCUT2D eigenvalue weighted by Crippen LogP contribution is -1.96. The molecule has 1 aromatic heterocycles. The molecule has 3 aromatic rings. The van der Waals surface area contributed by atoms with Crippen molar-refractivity contribution in [2.45, 2.75) is 6.92 Å². The van der Waals surface area contributed by atoms with Crippen LogP contribution in [-0.2, 0) is 0 Å². The first-order valence-corrected chi connectivity index (χ1v) is 6.82. The summed E-state index contributed by atoms with van der Waals surface area (Å²) in [5.74, 6) is -0.944. The highest BCUT2D eigenvalue weighted by molar-refractivity contribution is 9.10. The summed E-state index contributed by atoms with van der Waals surface area (Å²) in [6.45, 7) is 2.02. The van der Waals surface area contributed by atoms with Crippen LogP contribution in [0.3, 0.4) is 0 Å². The second-order valence-corrected chi connectivity index (χ2v) is 5.41. The van der Waals surface area contributed by atoms with Crippen molar-refractivity contribution in [1.29, 1.82) is 0 Å². The lowest BCUT2D eigenvalue weighted by Gasteiger charge is -2.06. The van der Waals surface area contributed by atoms with Crippen LogP contribution < -0.4 is 0 Å². The second kappa shape index (κ2) is 4.76. The van der Waals surface area contributed by atoms with Gasteiger partial charge in [0.25, 0.3) is 0 Å². The maximum Gasteiger partial charge on any atom is 0.335 e. The number of carboxylic acid groups (broad SMARTS) is 1. The first-order chi connectivity index (χ1) is 9.56. The van der Waals surface area contributed by atoms with Gasteiger partial charge in [-0.3, -0.25) is 4.57 Å². The number of aromatic nitrogens is 2. The molecule has 0 bridgehead atoms. The van der Waals surface area contributed by atoms with Crippen LogP contribution >= 0.6 is 15.9 Å². The Hall–Kier alpha value is -2.14. The van der Waals surface area contributed by atoms with Crippen LogP contribution in [-0.4, -0.2) is 20.6 Å². The van der Waals surface area contributed by atoms with Gasteiger partial charge >= 0.3 is 5.97 Å². The zero-order valence-electron chi connectivity index (χ0n) is 10.7. The minimum absolute atomic E-state index is 0.245. The Bertz CT molecular complexity index is 824. The number of carbonyl (C=O) groups is 1. The third-order valence-electron chi connectivity index (χ3n) is 3.21. The monoisotopic (exact) mass is 330 g/mol. The Balaban J connectivity index is 2.17. The Kier molecular flexibility index (Phi) is 3.06. The summed E-state index contributed by atoms with van der Waals surface area (Å²) in [5, 5.41) is 9.00. The quantitative estimate of drug-likeness (QED) is 0.777. The topological polar surface area (TPSA) is 55.1 Å². The van der Waals surface area contributed by atoms with E-state index in [9.17, 15) is 4.79 Å². The van der Waals surface area contributed by atoms with Crippen molar-refractivity contribution in [3.63, 3.8) is 0 Å². The molecule has 0 fully saturated rings. The van der Waals surface area contributed by atoms with Crippen LogP contribution in [0, 0.1) is 6.92 Å². The number of aromatic carboxylic acids is 1. The number of benzene rings is 2. The third-order valence-corrected chi connectivity index (χ3v) is 4.10. The van der Waals surface area contributed by atoms with Gasteiger partial charge in [-0.25, -0.2) is 9.78 Å². The van der Waals surface area contributed by atoms with Gasteiger partial charge in [0.15, 0.2) is 0 Å². The zero-order valence-corrected chi connectivity index (χ0v) is 12.3. The molecule has 4 nitrogen and oxygen atoms in total. The molecule has 20 heavy (non-hydrogen) atoms. The number of rotatable bonds is 2. The highest BCUT2D eigenvalue weighted by Crippen LogP contribution is 2.23. The molecule has 0 aliphatic heterocycles. The van der Waals surface area contributed by atoms with Gasteiger partial charge in [0.1, 0.15) is 6.33 Å². The van der Waals surface area contributed by atoms with E-state index < -0.39 is 5.97 Å². The Morgan fingerprint density at radius 3 is 2.75 bits per heavy atom. The molecule has 100 valence electrons. The van der Waals surface area contributed by atoms with Gasteiger partial charge in [0, 0.05) is 10.2 Å². The standard InChI is InChI=1S/C15H11BrN2O2/c1-9-6-11(3-4-12(9)16)18-8-17-13-7-10(15(19)20)2-5-14(13)18/h2-8H,1H3,(H,19,20). The molecule has 0 saturated carbocycles. The van der Waals surface area contributed by atoms with E-state index in [1.54, 1.807) is 24.5 Å². The molecular weight excluding hydrogens is 320 g/mol. The number of fused-ring (bicyclic) bond motifs is 1. The molecule has 0 amide bonds. The van der Waals surface area contributed by atoms with E-state index in [1.807, 2.05) is 23.6 Å². The van der Waals surface area contributed by atoms with Crippen molar-refractivity contribution in [2.24, 2.45) is 0 Å². The molecule has 0 aliphatic carbocycles. The molecule has 0 spiro atoms. The van der Waals surface area contributed by atoms with E-state index in [-0.39, 0.29) is 5.56 Å². The number of imidazole rings is 1. The Labute approximate surface area is 123 Å². The number of hydrogen-bond donors (Lipinski definition) is 1. The number of aryl methyl sites for hydroxylation is 1. The van der Waals surface area contributed by atoms with Gasteiger partial charge in [0.05, 0.1) is 16.6 Å². The van der Waals surface area contributed by atoms with Crippen LogP contribution in [0.4, 0.5) is 0 Å². The van der Waals surface area contributed by atoms with E-state index in [1.165, 1.54) is 0 Å². The molecule has 1 N–H and O–H groups in total. The predicted molar refractivity (Wildman–Crippen MR) is 80.5 cm³/mol. The highest BCUT2D eigenvalue weighted by atomic mass is 79.9. The maximum absolute atomic E-state index is 11.0. The van der Waals surface area contributed by atoms with Gasteiger partial charge in [-0.05, 0) is 48.9 Å². The molecule has 1 heterocycles. The first-order valence-electron chi connectivity index (χ1n) is 6.03. The van der Waals surface area contributed by atoms with Crippen molar-refractivity contribution in [1.82, 2.24) is 9.55 Å². The molecule has 5 heteroatoms. The molecule has 0 unspecified atom stereocenters. The zero-order chi connectivity index (χ0) is 14.3. The lowest BCUT2D eigenvalue weighted by atomic mass is 10.2. The minimum Gasteiger partial charge on any atom is -0.478 e. The maximum atomic E-state index is 11.0. The molecule has 2 aromatic carbocycles. The summed E-state index contributed by atoms with van der Waals surface area (Å²) in [6, 6.07) is 11.0. The molecule has 0 saturated heterocycles. The highest BCUT2D eigenvalue weighted by Gasteiger charge is 2.09. The number of carboxylic acids is 1. The number of nitrogens with zero attached hydrogens (tertiary/aromatic N) is 2. The normalized spacial score (nSPS) is 10.9. The summed E-state index contributed by atoms with van der Waals surface area (Å²) in [6.07, 6.45) is 1.71. The van der Waals surface area contributed by atoms with E-state index in [0.29, 0.717) is 5.52 Å². The molecule has 3 rings (SSSR count). The van der Waals surface area contributed by atoms with Gasteiger partial charge in [-0.15, -0.1) is 0 Å². The van der Waals surface area contributed by atoms with Gasteiger partial charge in [0.2, 0.25) is 0 Å². The lowest BCUT2D eigenvalue weighted by molar-refractivity contribution is 0.0697. The molecule has 0 atom stereocenters.